The predicted molar refractivity (Wildman–Crippen MR) is 50.1 cm³/mol. The zero-order valence-electron chi connectivity index (χ0n) is 8.12. The maximum Gasteiger partial charge on any atom is 0.0670 e. The van der Waals surface area contributed by atoms with E-state index in [2.05, 4.69) is 11.8 Å². The van der Waals surface area contributed by atoms with Crippen LogP contribution in [0.3, 0.4) is 0 Å². The first-order valence-electron chi connectivity index (χ1n) is 4.71. The van der Waals surface area contributed by atoms with Gasteiger partial charge in [-0.05, 0) is 32.4 Å². The summed E-state index contributed by atoms with van der Waals surface area (Å²) in [6, 6.07) is 0. The highest BCUT2D eigenvalue weighted by Gasteiger charge is 2.21. The molecular formula is C9H20N2O. The molecule has 0 saturated carbocycles. The molecule has 1 heterocycles. The molecule has 1 aliphatic rings. The molecule has 0 bridgehead atoms. The fraction of sp³-hybridized carbons (Fsp3) is 1.00. The Kier molecular flexibility index (Phi) is 3.98. The van der Waals surface area contributed by atoms with Crippen molar-refractivity contribution in [2.24, 2.45) is 11.7 Å². The van der Waals surface area contributed by atoms with E-state index >= 15 is 0 Å². The van der Waals surface area contributed by atoms with E-state index in [-0.39, 0.29) is 0 Å². The quantitative estimate of drug-likeness (QED) is 0.663. The third kappa shape index (κ3) is 2.73. The highest BCUT2D eigenvalue weighted by Crippen LogP contribution is 2.14. The first kappa shape index (κ1) is 9.96. The van der Waals surface area contributed by atoms with Crippen LogP contribution in [0.25, 0.3) is 0 Å². The molecule has 1 rings (SSSR count). The van der Waals surface area contributed by atoms with Gasteiger partial charge < -0.3 is 15.4 Å². The summed E-state index contributed by atoms with van der Waals surface area (Å²) in [5.41, 5.74) is 5.60. The molecule has 0 spiro atoms. The van der Waals surface area contributed by atoms with Gasteiger partial charge in [0.05, 0.1) is 6.10 Å². The van der Waals surface area contributed by atoms with Gasteiger partial charge >= 0.3 is 0 Å². The summed E-state index contributed by atoms with van der Waals surface area (Å²) in [6.07, 6.45) is 1.61. The lowest BCUT2D eigenvalue weighted by Gasteiger charge is -2.19. The summed E-state index contributed by atoms with van der Waals surface area (Å²) >= 11 is 0. The third-order valence-corrected chi connectivity index (χ3v) is 2.62. The number of nitrogens with zero attached hydrogens (tertiary/aromatic N) is 1. The summed E-state index contributed by atoms with van der Waals surface area (Å²) in [5, 5.41) is 0. The molecule has 3 nitrogen and oxygen atoms in total. The largest absolute Gasteiger partial charge is 0.380 e. The lowest BCUT2D eigenvalue weighted by atomic mass is 10.1. The van der Waals surface area contributed by atoms with Gasteiger partial charge in [0.25, 0.3) is 0 Å². The Hall–Kier alpha value is -0.120. The third-order valence-electron chi connectivity index (χ3n) is 2.62. The zero-order valence-corrected chi connectivity index (χ0v) is 8.12. The lowest BCUT2D eigenvalue weighted by molar-refractivity contribution is 0.0841. The van der Waals surface area contributed by atoms with Gasteiger partial charge in [-0.15, -0.1) is 0 Å². The van der Waals surface area contributed by atoms with E-state index in [0.29, 0.717) is 12.0 Å². The Labute approximate surface area is 74.9 Å². The van der Waals surface area contributed by atoms with Crippen LogP contribution in [0.2, 0.25) is 0 Å². The molecule has 2 N–H and O–H groups in total. The highest BCUT2D eigenvalue weighted by atomic mass is 16.5. The lowest BCUT2D eigenvalue weighted by Crippen LogP contribution is -2.30. The van der Waals surface area contributed by atoms with E-state index in [0.717, 1.165) is 19.6 Å². The molecule has 1 aliphatic heterocycles. The minimum absolute atomic E-state index is 0.349. The second-order valence-electron chi connectivity index (χ2n) is 3.70. The minimum Gasteiger partial charge on any atom is -0.380 e. The van der Waals surface area contributed by atoms with Gasteiger partial charge in [-0.2, -0.15) is 0 Å². The summed E-state index contributed by atoms with van der Waals surface area (Å²) < 4.78 is 5.21. The van der Waals surface area contributed by atoms with E-state index in [1.165, 1.54) is 13.0 Å². The van der Waals surface area contributed by atoms with E-state index < -0.39 is 0 Å². The van der Waals surface area contributed by atoms with Crippen molar-refractivity contribution in [3.8, 4) is 0 Å². The second-order valence-corrected chi connectivity index (χ2v) is 3.70. The van der Waals surface area contributed by atoms with Crippen molar-refractivity contribution in [2.75, 3.05) is 33.3 Å². The van der Waals surface area contributed by atoms with Crippen LogP contribution in [0.4, 0.5) is 0 Å². The molecule has 2 atom stereocenters. The Morgan fingerprint density at radius 1 is 1.67 bits per heavy atom. The molecule has 72 valence electrons. The van der Waals surface area contributed by atoms with E-state index in [4.69, 9.17) is 10.5 Å². The summed E-state index contributed by atoms with van der Waals surface area (Å²) in [4.78, 5) is 2.44. The average molecular weight is 172 g/mol. The first-order valence-corrected chi connectivity index (χ1v) is 4.71. The van der Waals surface area contributed by atoms with Gasteiger partial charge in [0.15, 0.2) is 0 Å². The molecule has 0 amide bonds. The maximum absolute atomic E-state index is 5.60. The Bertz CT molecular complexity index is 130. The van der Waals surface area contributed by atoms with Crippen molar-refractivity contribution in [3.05, 3.63) is 0 Å². The Morgan fingerprint density at radius 3 is 2.92 bits per heavy atom. The number of ether oxygens (including phenoxy) is 1. The summed E-state index contributed by atoms with van der Waals surface area (Å²) in [5.74, 6) is 0.717. The predicted octanol–water partition coefficient (Wildman–Crippen LogP) is 0.302. The number of rotatable bonds is 4. The highest BCUT2D eigenvalue weighted by molar-refractivity contribution is 4.77. The zero-order chi connectivity index (χ0) is 8.97. The van der Waals surface area contributed by atoms with E-state index in [9.17, 15) is 0 Å². The molecule has 0 aromatic rings. The molecular weight excluding hydrogens is 152 g/mol. The minimum atomic E-state index is 0.349. The molecule has 0 aromatic carbocycles. The van der Waals surface area contributed by atoms with Crippen molar-refractivity contribution < 1.29 is 4.74 Å². The van der Waals surface area contributed by atoms with Gasteiger partial charge in [0, 0.05) is 20.2 Å². The topological polar surface area (TPSA) is 38.5 Å². The number of methoxy groups -OCH3 is 1. The van der Waals surface area contributed by atoms with Crippen molar-refractivity contribution >= 4 is 0 Å². The number of nitrogens with two attached hydrogens (primary N) is 1. The molecule has 0 radical (unpaired) electrons. The number of hydrogen-bond donors (Lipinski definition) is 1. The second kappa shape index (κ2) is 4.80. The van der Waals surface area contributed by atoms with Crippen LogP contribution < -0.4 is 5.73 Å². The van der Waals surface area contributed by atoms with Crippen molar-refractivity contribution in [3.63, 3.8) is 0 Å². The smallest absolute Gasteiger partial charge is 0.0670 e. The average Bonchev–Trinajstić information content (AvgIpc) is 2.52. The van der Waals surface area contributed by atoms with Crippen LogP contribution in [0.1, 0.15) is 13.3 Å². The molecule has 2 unspecified atom stereocenters. The van der Waals surface area contributed by atoms with Gasteiger partial charge in [-0.25, -0.2) is 0 Å². The maximum atomic E-state index is 5.60. The first-order chi connectivity index (χ1) is 5.76. The molecule has 3 heteroatoms. The van der Waals surface area contributed by atoms with Crippen molar-refractivity contribution in [2.45, 2.75) is 19.4 Å². The normalized spacial score (nSPS) is 27.8. The van der Waals surface area contributed by atoms with Crippen LogP contribution in [0, 0.1) is 5.92 Å². The summed E-state index contributed by atoms with van der Waals surface area (Å²) in [7, 11) is 1.77. The standard InChI is InChI=1S/C9H20N2O/c1-8(12-2)6-11-4-3-9(5-10)7-11/h8-9H,3-7,10H2,1-2H3. The molecule has 1 saturated heterocycles. The van der Waals surface area contributed by atoms with E-state index in [1.54, 1.807) is 7.11 Å². The van der Waals surface area contributed by atoms with Crippen molar-refractivity contribution in [1.82, 2.24) is 4.90 Å². The van der Waals surface area contributed by atoms with Gasteiger partial charge in [0.2, 0.25) is 0 Å². The number of hydrogen-bond acceptors (Lipinski definition) is 3. The van der Waals surface area contributed by atoms with Crippen LogP contribution in [-0.4, -0.2) is 44.3 Å². The van der Waals surface area contributed by atoms with Crippen LogP contribution >= 0.6 is 0 Å². The van der Waals surface area contributed by atoms with Gasteiger partial charge in [-0.3, -0.25) is 0 Å². The van der Waals surface area contributed by atoms with Gasteiger partial charge in [0.1, 0.15) is 0 Å². The molecule has 12 heavy (non-hydrogen) atoms. The molecule has 1 fully saturated rings. The molecule has 0 aromatic heterocycles. The fourth-order valence-electron chi connectivity index (χ4n) is 1.71. The van der Waals surface area contributed by atoms with E-state index in [1.807, 2.05) is 0 Å². The SMILES string of the molecule is COC(C)CN1CCC(CN)C1. The molecule has 0 aliphatic carbocycles. The Balaban J connectivity index is 2.18. The van der Waals surface area contributed by atoms with Gasteiger partial charge in [-0.1, -0.05) is 0 Å². The van der Waals surface area contributed by atoms with Crippen LogP contribution in [-0.2, 0) is 4.74 Å². The van der Waals surface area contributed by atoms with Crippen LogP contribution in [0.15, 0.2) is 0 Å². The Morgan fingerprint density at radius 2 is 2.42 bits per heavy atom. The monoisotopic (exact) mass is 172 g/mol. The summed E-state index contributed by atoms with van der Waals surface area (Å²) in [6.45, 7) is 6.33. The fourth-order valence-corrected chi connectivity index (χ4v) is 1.71. The van der Waals surface area contributed by atoms with Crippen LogP contribution in [0.5, 0.6) is 0 Å². The van der Waals surface area contributed by atoms with Crippen molar-refractivity contribution in [1.29, 1.82) is 0 Å². The number of likely N-dealkylation sites (tertiary alicyclic amines) is 1.